The summed E-state index contributed by atoms with van der Waals surface area (Å²) in [6.07, 6.45) is 2.31. The van der Waals surface area contributed by atoms with Crippen LogP contribution in [0.1, 0.15) is 13.3 Å². The Labute approximate surface area is 118 Å². The topological polar surface area (TPSA) is 95.4 Å². The van der Waals surface area contributed by atoms with Crippen LogP contribution in [0, 0.1) is 5.41 Å². The van der Waals surface area contributed by atoms with Gasteiger partial charge < -0.3 is 10.0 Å². The number of thioether (sulfide) groups is 1. The number of carboxylic acids is 1. The lowest BCUT2D eigenvalue weighted by molar-refractivity contribution is -0.146. The summed E-state index contributed by atoms with van der Waals surface area (Å²) >= 11 is 2.51. The molecule has 1 atom stereocenters. The Bertz CT molecular complexity index is 507. The van der Waals surface area contributed by atoms with Crippen molar-refractivity contribution in [2.24, 2.45) is 5.41 Å². The highest BCUT2D eigenvalue weighted by Gasteiger charge is 2.42. The summed E-state index contributed by atoms with van der Waals surface area (Å²) in [5, 5.41) is 12.8. The van der Waals surface area contributed by atoms with E-state index in [4.69, 9.17) is 5.11 Å². The second-order valence-electron chi connectivity index (χ2n) is 4.55. The van der Waals surface area contributed by atoms with Gasteiger partial charge in [0.25, 0.3) is 0 Å². The molecule has 1 aliphatic heterocycles. The lowest BCUT2D eigenvalue weighted by atomic mass is 9.90. The highest BCUT2D eigenvalue weighted by molar-refractivity contribution is 7.98. The summed E-state index contributed by atoms with van der Waals surface area (Å²) in [6.45, 7) is 2.30. The molecule has 1 aromatic rings. The van der Waals surface area contributed by atoms with E-state index in [0.717, 1.165) is 11.5 Å². The van der Waals surface area contributed by atoms with E-state index >= 15 is 0 Å². The maximum Gasteiger partial charge on any atom is 0.323 e. The minimum absolute atomic E-state index is 0.211. The number of anilines is 1. The minimum Gasteiger partial charge on any atom is -0.481 e. The largest absolute Gasteiger partial charge is 0.481 e. The molecule has 1 unspecified atom stereocenters. The molecule has 9 heteroatoms. The number of carbonyl (C=O) groups is 2. The third-order valence-corrected chi connectivity index (χ3v) is 4.37. The van der Waals surface area contributed by atoms with Crippen molar-refractivity contribution < 1.29 is 14.7 Å². The van der Waals surface area contributed by atoms with Gasteiger partial charge in [-0.25, -0.2) is 4.79 Å². The Hall–Kier alpha value is -1.35. The number of hydrogen-bond donors (Lipinski definition) is 2. The van der Waals surface area contributed by atoms with Crippen molar-refractivity contribution in [1.29, 1.82) is 0 Å². The van der Waals surface area contributed by atoms with Crippen molar-refractivity contribution in [2.45, 2.75) is 18.5 Å². The Morgan fingerprint density at radius 2 is 2.32 bits per heavy atom. The summed E-state index contributed by atoms with van der Waals surface area (Å²) in [4.78, 5) is 28.7. The van der Waals surface area contributed by atoms with Crippen LogP contribution in [0.2, 0.25) is 0 Å². The number of nitrogens with one attached hydrogen (secondary N) is 1. The van der Waals surface area contributed by atoms with Crippen molar-refractivity contribution >= 4 is 40.4 Å². The number of carboxylic acid groups (broad SMARTS) is 1. The Morgan fingerprint density at radius 1 is 1.58 bits per heavy atom. The molecule has 1 saturated heterocycles. The smallest absolute Gasteiger partial charge is 0.323 e. The molecule has 1 aromatic heterocycles. The lowest BCUT2D eigenvalue weighted by Crippen LogP contribution is -2.37. The number of hydrogen-bond acceptors (Lipinski definition) is 6. The van der Waals surface area contributed by atoms with Crippen molar-refractivity contribution in [3.63, 3.8) is 0 Å². The number of amides is 2. The first-order valence-electron chi connectivity index (χ1n) is 5.61. The van der Waals surface area contributed by atoms with Crippen LogP contribution >= 0.6 is 23.3 Å². The molecule has 0 aliphatic carbocycles. The van der Waals surface area contributed by atoms with Gasteiger partial charge in [-0.15, -0.1) is 0 Å². The van der Waals surface area contributed by atoms with E-state index in [2.05, 4.69) is 14.7 Å². The standard InChI is InChI=1S/C10H14N4O3S2/c1-10(6(15)16)3-4-14(5-10)9(17)12-7-11-8(18-2)13-19-7/h3-5H2,1-2H3,(H,15,16)(H,11,12,13,17). The SMILES string of the molecule is CSc1nsc(NC(=O)N2CCC(C)(C(=O)O)C2)n1. The van der Waals surface area contributed by atoms with Crippen LogP contribution in [-0.4, -0.2) is 50.7 Å². The summed E-state index contributed by atoms with van der Waals surface area (Å²) in [5.74, 6) is -0.872. The number of aliphatic carboxylic acids is 1. The van der Waals surface area contributed by atoms with Crippen LogP contribution in [0.3, 0.4) is 0 Å². The Balaban J connectivity index is 1.96. The molecule has 1 fully saturated rings. The van der Waals surface area contributed by atoms with Crippen molar-refractivity contribution in [3.8, 4) is 0 Å². The van der Waals surface area contributed by atoms with Gasteiger partial charge in [0, 0.05) is 24.6 Å². The average Bonchev–Trinajstić information content (AvgIpc) is 2.96. The average molecular weight is 302 g/mol. The quantitative estimate of drug-likeness (QED) is 0.823. The van der Waals surface area contributed by atoms with Gasteiger partial charge in [-0.3, -0.25) is 10.1 Å². The molecule has 0 radical (unpaired) electrons. The fourth-order valence-corrected chi connectivity index (χ4v) is 2.94. The molecule has 2 N–H and O–H groups in total. The second kappa shape index (κ2) is 5.33. The van der Waals surface area contributed by atoms with Crippen LogP contribution in [0.4, 0.5) is 9.93 Å². The van der Waals surface area contributed by atoms with Gasteiger partial charge in [0.05, 0.1) is 5.41 Å². The maximum atomic E-state index is 12.0. The van der Waals surface area contributed by atoms with Gasteiger partial charge in [-0.1, -0.05) is 11.8 Å². The Morgan fingerprint density at radius 3 is 2.84 bits per heavy atom. The molecule has 0 saturated carbocycles. The zero-order valence-electron chi connectivity index (χ0n) is 10.5. The number of nitrogens with zero attached hydrogens (tertiary/aromatic N) is 3. The van der Waals surface area contributed by atoms with E-state index in [1.807, 2.05) is 6.26 Å². The van der Waals surface area contributed by atoms with E-state index in [9.17, 15) is 9.59 Å². The van der Waals surface area contributed by atoms with E-state index in [1.165, 1.54) is 16.7 Å². The fraction of sp³-hybridized carbons (Fsp3) is 0.600. The van der Waals surface area contributed by atoms with E-state index in [-0.39, 0.29) is 12.6 Å². The summed E-state index contributed by atoms with van der Waals surface area (Å²) < 4.78 is 4.04. The predicted octanol–water partition coefficient (Wildman–Crippen LogP) is 1.59. The van der Waals surface area contributed by atoms with Crippen molar-refractivity contribution in [3.05, 3.63) is 0 Å². The minimum atomic E-state index is -0.872. The first kappa shape index (κ1) is 14.1. The highest BCUT2D eigenvalue weighted by atomic mass is 32.2. The zero-order valence-corrected chi connectivity index (χ0v) is 12.2. The van der Waals surface area contributed by atoms with Gasteiger partial charge in [0.1, 0.15) is 0 Å². The summed E-state index contributed by atoms with van der Waals surface area (Å²) in [6, 6.07) is -0.325. The molecule has 1 aliphatic rings. The Kier molecular flexibility index (Phi) is 3.95. The first-order chi connectivity index (χ1) is 8.94. The molecule has 7 nitrogen and oxygen atoms in total. The van der Waals surface area contributed by atoms with E-state index in [1.54, 1.807) is 6.92 Å². The zero-order chi connectivity index (χ0) is 14.0. The van der Waals surface area contributed by atoms with Gasteiger partial charge in [0.2, 0.25) is 10.3 Å². The molecule has 0 spiro atoms. The van der Waals surface area contributed by atoms with E-state index in [0.29, 0.717) is 23.3 Å². The molecular weight excluding hydrogens is 288 g/mol. The number of aromatic nitrogens is 2. The number of likely N-dealkylation sites (tertiary alicyclic amines) is 1. The predicted molar refractivity (Wildman–Crippen MR) is 72.6 cm³/mol. The molecule has 2 amide bonds. The normalized spacial score (nSPS) is 22.5. The van der Waals surface area contributed by atoms with Crippen LogP contribution in [-0.2, 0) is 4.79 Å². The van der Waals surface area contributed by atoms with Gasteiger partial charge in [-0.2, -0.15) is 9.36 Å². The van der Waals surface area contributed by atoms with E-state index < -0.39 is 11.4 Å². The van der Waals surface area contributed by atoms with Crippen LogP contribution in [0.15, 0.2) is 5.16 Å². The molecule has 0 bridgehead atoms. The van der Waals surface area contributed by atoms with Gasteiger partial charge in [0.15, 0.2) is 0 Å². The molecule has 2 rings (SSSR count). The van der Waals surface area contributed by atoms with Crippen LogP contribution in [0.5, 0.6) is 0 Å². The molecule has 2 heterocycles. The second-order valence-corrected chi connectivity index (χ2v) is 6.08. The fourth-order valence-electron chi connectivity index (χ4n) is 1.82. The maximum absolute atomic E-state index is 12.0. The molecule has 19 heavy (non-hydrogen) atoms. The van der Waals surface area contributed by atoms with Gasteiger partial charge >= 0.3 is 12.0 Å². The number of urea groups is 1. The number of carbonyl (C=O) groups excluding carboxylic acids is 1. The van der Waals surface area contributed by atoms with Crippen LogP contribution < -0.4 is 5.32 Å². The molecule has 0 aromatic carbocycles. The monoisotopic (exact) mass is 302 g/mol. The first-order valence-corrected chi connectivity index (χ1v) is 7.61. The highest BCUT2D eigenvalue weighted by Crippen LogP contribution is 2.30. The van der Waals surface area contributed by atoms with Crippen LogP contribution in [0.25, 0.3) is 0 Å². The third kappa shape index (κ3) is 2.98. The van der Waals surface area contributed by atoms with Crippen molar-refractivity contribution in [2.75, 3.05) is 24.7 Å². The van der Waals surface area contributed by atoms with Gasteiger partial charge in [-0.05, 0) is 19.6 Å². The molecular formula is C10H14N4O3S2. The van der Waals surface area contributed by atoms with Crippen molar-refractivity contribution in [1.82, 2.24) is 14.3 Å². The summed E-state index contributed by atoms with van der Waals surface area (Å²) in [7, 11) is 0. The molecule has 104 valence electrons. The number of rotatable bonds is 3. The third-order valence-electron chi connectivity index (χ3n) is 3.08. The summed E-state index contributed by atoms with van der Waals surface area (Å²) in [5.41, 5.74) is -0.858. The lowest BCUT2D eigenvalue weighted by Gasteiger charge is -2.19.